The molecule has 0 saturated heterocycles. The molecule has 1 aromatic carbocycles. The second kappa shape index (κ2) is 4.20. The van der Waals surface area contributed by atoms with E-state index in [0.717, 1.165) is 9.79 Å². The van der Waals surface area contributed by atoms with Crippen molar-refractivity contribution in [1.82, 2.24) is 9.78 Å². The topological polar surface area (TPSA) is 41.6 Å². The van der Waals surface area contributed by atoms with E-state index in [-0.39, 0.29) is 0 Å². The summed E-state index contributed by atoms with van der Waals surface area (Å²) in [5.74, 6) is 0. The van der Waals surface area contributed by atoms with Crippen molar-refractivity contribution in [3.05, 3.63) is 42.2 Å². The number of nitriles is 1. The Morgan fingerprint density at radius 3 is 2.53 bits per heavy atom. The normalized spacial score (nSPS) is 9.87. The van der Waals surface area contributed by atoms with Gasteiger partial charge in [-0.05, 0) is 24.3 Å². The molecule has 0 spiro atoms. The maximum absolute atomic E-state index is 8.65. The smallest absolute Gasteiger partial charge is 0.0991 e. The van der Waals surface area contributed by atoms with E-state index in [2.05, 4.69) is 11.2 Å². The largest absolute Gasteiger partial charge is 0.275 e. The van der Waals surface area contributed by atoms with Crippen LogP contribution < -0.4 is 0 Å². The first-order valence-electron chi connectivity index (χ1n) is 4.44. The number of benzene rings is 1. The van der Waals surface area contributed by atoms with Crippen molar-refractivity contribution in [2.75, 3.05) is 0 Å². The van der Waals surface area contributed by atoms with Gasteiger partial charge in [0.1, 0.15) is 0 Å². The third-order valence-corrected chi connectivity index (χ3v) is 2.85. The van der Waals surface area contributed by atoms with E-state index in [1.807, 2.05) is 43.7 Å². The van der Waals surface area contributed by atoms with E-state index in [0.29, 0.717) is 5.56 Å². The molecule has 0 unspecified atom stereocenters. The standard InChI is InChI=1S/C11H9N3S/c1-14-8-11(7-13-14)15-10-4-2-9(6-12)3-5-10/h2-5,7-8H,1H3. The van der Waals surface area contributed by atoms with Gasteiger partial charge < -0.3 is 0 Å². The Morgan fingerprint density at radius 2 is 2.00 bits per heavy atom. The van der Waals surface area contributed by atoms with Crippen LogP contribution >= 0.6 is 11.8 Å². The highest BCUT2D eigenvalue weighted by molar-refractivity contribution is 7.99. The minimum absolute atomic E-state index is 0.686. The van der Waals surface area contributed by atoms with Gasteiger partial charge in [0.2, 0.25) is 0 Å². The summed E-state index contributed by atoms with van der Waals surface area (Å²) < 4.78 is 1.77. The van der Waals surface area contributed by atoms with Gasteiger partial charge in [-0.1, -0.05) is 11.8 Å². The fraction of sp³-hybridized carbons (Fsp3) is 0.0909. The van der Waals surface area contributed by atoms with Crippen molar-refractivity contribution in [1.29, 1.82) is 5.26 Å². The summed E-state index contributed by atoms with van der Waals surface area (Å²) in [7, 11) is 1.89. The number of aromatic nitrogens is 2. The van der Waals surface area contributed by atoms with Crippen LogP contribution in [0, 0.1) is 11.3 Å². The van der Waals surface area contributed by atoms with Gasteiger partial charge in [-0.15, -0.1) is 0 Å². The lowest BCUT2D eigenvalue weighted by atomic mass is 10.2. The predicted octanol–water partition coefficient (Wildman–Crippen LogP) is 2.44. The van der Waals surface area contributed by atoms with Crippen LogP contribution in [0.25, 0.3) is 0 Å². The molecule has 0 radical (unpaired) electrons. The second-order valence-electron chi connectivity index (χ2n) is 3.09. The molecule has 0 N–H and O–H groups in total. The first-order valence-corrected chi connectivity index (χ1v) is 5.26. The van der Waals surface area contributed by atoms with Gasteiger partial charge in [0.25, 0.3) is 0 Å². The third kappa shape index (κ3) is 2.39. The maximum atomic E-state index is 8.65. The summed E-state index contributed by atoms with van der Waals surface area (Å²) in [5.41, 5.74) is 0.686. The van der Waals surface area contributed by atoms with Gasteiger partial charge in [0.15, 0.2) is 0 Å². The molecular formula is C11H9N3S. The molecule has 4 heteroatoms. The van der Waals surface area contributed by atoms with E-state index in [1.54, 1.807) is 16.4 Å². The minimum atomic E-state index is 0.686. The molecule has 0 aliphatic rings. The molecule has 0 amide bonds. The average molecular weight is 215 g/mol. The Bertz CT molecular complexity index is 493. The molecule has 0 atom stereocenters. The SMILES string of the molecule is Cn1cc(Sc2ccc(C#N)cc2)cn1. The van der Waals surface area contributed by atoms with Crippen molar-refractivity contribution in [2.24, 2.45) is 7.05 Å². The highest BCUT2D eigenvalue weighted by Gasteiger charge is 1.99. The van der Waals surface area contributed by atoms with Crippen LogP contribution in [0.2, 0.25) is 0 Å². The highest BCUT2D eigenvalue weighted by atomic mass is 32.2. The number of hydrogen-bond acceptors (Lipinski definition) is 3. The molecule has 0 fully saturated rings. The Morgan fingerprint density at radius 1 is 1.27 bits per heavy atom. The first kappa shape index (κ1) is 9.81. The van der Waals surface area contributed by atoms with Crippen molar-refractivity contribution < 1.29 is 0 Å². The van der Waals surface area contributed by atoms with Gasteiger partial charge in [0.05, 0.1) is 22.7 Å². The summed E-state index contributed by atoms with van der Waals surface area (Å²) in [5, 5.41) is 12.7. The molecule has 15 heavy (non-hydrogen) atoms. The highest BCUT2D eigenvalue weighted by Crippen LogP contribution is 2.26. The molecule has 2 rings (SSSR count). The molecule has 0 saturated carbocycles. The van der Waals surface area contributed by atoms with Crippen molar-refractivity contribution in [3.63, 3.8) is 0 Å². The van der Waals surface area contributed by atoms with E-state index < -0.39 is 0 Å². The van der Waals surface area contributed by atoms with Crippen LogP contribution in [0.3, 0.4) is 0 Å². The van der Waals surface area contributed by atoms with E-state index in [9.17, 15) is 0 Å². The molecule has 3 nitrogen and oxygen atoms in total. The minimum Gasteiger partial charge on any atom is -0.275 e. The predicted molar refractivity (Wildman–Crippen MR) is 58.5 cm³/mol. The quantitative estimate of drug-likeness (QED) is 0.772. The Labute approximate surface area is 92.3 Å². The van der Waals surface area contributed by atoms with Gasteiger partial charge in [-0.3, -0.25) is 4.68 Å². The van der Waals surface area contributed by atoms with Gasteiger partial charge in [-0.25, -0.2) is 0 Å². The third-order valence-electron chi connectivity index (χ3n) is 1.90. The van der Waals surface area contributed by atoms with E-state index in [1.165, 1.54) is 0 Å². The lowest BCUT2D eigenvalue weighted by Gasteiger charge is -1.97. The number of hydrogen-bond donors (Lipinski definition) is 0. The summed E-state index contributed by atoms with van der Waals surface area (Å²) in [6, 6.07) is 9.61. The van der Waals surface area contributed by atoms with Crippen molar-refractivity contribution in [3.8, 4) is 6.07 Å². The van der Waals surface area contributed by atoms with Gasteiger partial charge in [0, 0.05) is 18.1 Å². The fourth-order valence-corrected chi connectivity index (χ4v) is 2.03. The van der Waals surface area contributed by atoms with Crippen LogP contribution in [0.4, 0.5) is 0 Å². The maximum Gasteiger partial charge on any atom is 0.0991 e. The first-order chi connectivity index (χ1) is 7.28. The van der Waals surface area contributed by atoms with Gasteiger partial charge >= 0.3 is 0 Å². The summed E-state index contributed by atoms with van der Waals surface area (Å²) in [6.45, 7) is 0. The molecule has 1 heterocycles. The number of nitrogens with zero attached hydrogens (tertiary/aromatic N) is 3. The molecule has 0 bridgehead atoms. The van der Waals surface area contributed by atoms with E-state index in [4.69, 9.17) is 5.26 Å². The van der Waals surface area contributed by atoms with Crippen LogP contribution in [0.15, 0.2) is 46.5 Å². The van der Waals surface area contributed by atoms with E-state index >= 15 is 0 Å². The summed E-state index contributed by atoms with van der Waals surface area (Å²) >= 11 is 1.63. The van der Waals surface area contributed by atoms with Crippen LogP contribution in [0.5, 0.6) is 0 Å². The number of aryl methyl sites for hydroxylation is 1. The zero-order valence-electron chi connectivity index (χ0n) is 8.21. The fourth-order valence-electron chi connectivity index (χ4n) is 1.19. The molecule has 74 valence electrons. The lowest BCUT2D eigenvalue weighted by molar-refractivity contribution is 0.766. The monoisotopic (exact) mass is 215 g/mol. The van der Waals surface area contributed by atoms with Crippen molar-refractivity contribution in [2.45, 2.75) is 9.79 Å². The van der Waals surface area contributed by atoms with Crippen molar-refractivity contribution >= 4 is 11.8 Å². The van der Waals surface area contributed by atoms with Crippen LogP contribution in [-0.4, -0.2) is 9.78 Å². The summed E-state index contributed by atoms with van der Waals surface area (Å²) in [4.78, 5) is 2.21. The average Bonchev–Trinajstić information content (AvgIpc) is 2.65. The Hall–Kier alpha value is -1.73. The molecular weight excluding hydrogens is 206 g/mol. The Kier molecular flexibility index (Phi) is 2.75. The second-order valence-corrected chi connectivity index (χ2v) is 4.23. The lowest BCUT2D eigenvalue weighted by Crippen LogP contribution is -1.83. The molecule has 2 aromatic rings. The van der Waals surface area contributed by atoms with Crippen LogP contribution in [-0.2, 0) is 7.05 Å². The summed E-state index contributed by atoms with van der Waals surface area (Å²) in [6.07, 6.45) is 3.78. The van der Waals surface area contributed by atoms with Crippen LogP contribution in [0.1, 0.15) is 5.56 Å². The molecule has 0 aliphatic heterocycles. The zero-order chi connectivity index (χ0) is 10.7. The molecule has 0 aliphatic carbocycles. The van der Waals surface area contributed by atoms with Gasteiger partial charge in [-0.2, -0.15) is 10.4 Å². The Balaban J connectivity index is 2.15. The number of rotatable bonds is 2. The zero-order valence-corrected chi connectivity index (χ0v) is 9.03. The molecule has 1 aromatic heterocycles.